The topological polar surface area (TPSA) is 88.9 Å². The van der Waals surface area contributed by atoms with Crippen molar-refractivity contribution in [2.45, 2.75) is 76.9 Å². The summed E-state index contributed by atoms with van der Waals surface area (Å²) in [5.74, 6) is 0.428. The summed E-state index contributed by atoms with van der Waals surface area (Å²) in [7, 11) is 0. The molecule has 0 aliphatic rings. The lowest BCUT2D eigenvalue weighted by molar-refractivity contribution is -0.122. The summed E-state index contributed by atoms with van der Waals surface area (Å²) in [6.07, 6.45) is 0.799. The third-order valence-corrected chi connectivity index (χ3v) is 5.60. The number of nitrogens with zero attached hydrogens (tertiary/aromatic N) is 3. The number of anilines is 1. The number of carbonyl (C=O) groups excluding carboxylic acids is 2. The molecule has 1 atom stereocenters. The van der Waals surface area contributed by atoms with Gasteiger partial charge in [-0.05, 0) is 52.7 Å². The second kappa shape index (κ2) is 9.91. The Morgan fingerprint density at radius 3 is 2.45 bits per heavy atom. The molecule has 8 heteroatoms. The lowest BCUT2D eigenvalue weighted by Crippen LogP contribution is -2.44. The van der Waals surface area contributed by atoms with E-state index in [9.17, 15) is 9.59 Å². The standard InChI is InChI=1S/C21H31N5O2S/c1-7-16(19(28)23-21(4,5)6)29-20-25-24-17(26(20)8-2)13-18(27)22-15-12-10-9-11-14(15)3/h9-12,16H,7-8,13H2,1-6H3,(H,22,27)(H,23,28)/t16-/m1/s1. The van der Waals surface area contributed by atoms with Gasteiger partial charge in [0.15, 0.2) is 5.16 Å². The van der Waals surface area contributed by atoms with Gasteiger partial charge in [0.1, 0.15) is 5.82 Å². The monoisotopic (exact) mass is 417 g/mol. The van der Waals surface area contributed by atoms with E-state index in [1.807, 2.05) is 70.4 Å². The Labute approximate surface area is 177 Å². The van der Waals surface area contributed by atoms with E-state index in [-0.39, 0.29) is 29.0 Å². The first kappa shape index (κ1) is 22.9. The van der Waals surface area contributed by atoms with E-state index >= 15 is 0 Å². The first-order chi connectivity index (χ1) is 13.6. The number of aromatic nitrogens is 3. The molecule has 0 saturated carbocycles. The van der Waals surface area contributed by atoms with Crippen molar-refractivity contribution < 1.29 is 9.59 Å². The van der Waals surface area contributed by atoms with Gasteiger partial charge in [-0.2, -0.15) is 0 Å². The average molecular weight is 418 g/mol. The Kier molecular flexibility index (Phi) is 7.84. The zero-order valence-corrected chi connectivity index (χ0v) is 18.9. The molecular formula is C21H31N5O2S. The van der Waals surface area contributed by atoms with Crippen molar-refractivity contribution in [2.75, 3.05) is 5.32 Å². The second-order valence-corrected chi connectivity index (χ2v) is 9.11. The Morgan fingerprint density at radius 1 is 1.17 bits per heavy atom. The quantitative estimate of drug-likeness (QED) is 0.641. The van der Waals surface area contributed by atoms with Crippen LogP contribution in [-0.2, 0) is 22.6 Å². The van der Waals surface area contributed by atoms with Crippen molar-refractivity contribution in [2.24, 2.45) is 0 Å². The summed E-state index contributed by atoms with van der Waals surface area (Å²) in [5, 5.41) is 14.8. The van der Waals surface area contributed by atoms with Gasteiger partial charge in [-0.15, -0.1) is 10.2 Å². The number of carbonyl (C=O) groups is 2. The van der Waals surface area contributed by atoms with Crippen LogP contribution in [0, 0.1) is 6.92 Å². The van der Waals surface area contributed by atoms with Crippen LogP contribution in [-0.4, -0.2) is 37.4 Å². The van der Waals surface area contributed by atoms with Crippen LogP contribution in [0.1, 0.15) is 52.4 Å². The van der Waals surface area contributed by atoms with Crippen molar-refractivity contribution >= 4 is 29.3 Å². The molecule has 1 heterocycles. The largest absolute Gasteiger partial charge is 0.351 e. The van der Waals surface area contributed by atoms with Crippen LogP contribution in [0.3, 0.4) is 0 Å². The molecule has 1 aromatic carbocycles. The van der Waals surface area contributed by atoms with Crippen molar-refractivity contribution in [1.29, 1.82) is 0 Å². The van der Waals surface area contributed by atoms with Crippen molar-refractivity contribution in [3.63, 3.8) is 0 Å². The van der Waals surface area contributed by atoms with Crippen molar-refractivity contribution in [1.82, 2.24) is 20.1 Å². The third kappa shape index (κ3) is 6.59. The number of rotatable bonds is 8. The van der Waals surface area contributed by atoms with Crippen LogP contribution in [0.15, 0.2) is 29.4 Å². The molecule has 0 fully saturated rings. The van der Waals surface area contributed by atoms with Gasteiger partial charge in [0.05, 0.1) is 11.7 Å². The Balaban J connectivity index is 2.10. The van der Waals surface area contributed by atoms with Crippen LogP contribution in [0.2, 0.25) is 0 Å². The molecule has 0 radical (unpaired) electrons. The maximum atomic E-state index is 12.6. The zero-order chi connectivity index (χ0) is 21.6. The normalized spacial score (nSPS) is 12.5. The Hall–Kier alpha value is -2.35. The van der Waals surface area contributed by atoms with Crippen molar-refractivity contribution in [3.8, 4) is 0 Å². The van der Waals surface area contributed by atoms with Gasteiger partial charge in [-0.3, -0.25) is 9.59 Å². The van der Waals surface area contributed by atoms with Gasteiger partial charge in [0, 0.05) is 17.8 Å². The summed E-state index contributed by atoms with van der Waals surface area (Å²) in [5.41, 5.74) is 1.51. The predicted molar refractivity (Wildman–Crippen MR) is 117 cm³/mol. The smallest absolute Gasteiger partial charge is 0.233 e. The van der Waals surface area contributed by atoms with Crippen LogP contribution in [0.4, 0.5) is 5.69 Å². The van der Waals surface area contributed by atoms with E-state index in [2.05, 4.69) is 20.8 Å². The maximum absolute atomic E-state index is 12.6. The minimum Gasteiger partial charge on any atom is -0.351 e. The fourth-order valence-electron chi connectivity index (χ4n) is 2.81. The number of amides is 2. The molecule has 2 rings (SSSR count). The molecule has 0 spiro atoms. The van der Waals surface area contributed by atoms with Crippen LogP contribution in [0.5, 0.6) is 0 Å². The number of aryl methyl sites for hydroxylation is 1. The van der Waals surface area contributed by atoms with E-state index < -0.39 is 0 Å². The van der Waals surface area contributed by atoms with E-state index in [0.29, 0.717) is 23.9 Å². The van der Waals surface area contributed by atoms with E-state index in [1.54, 1.807) is 0 Å². The highest BCUT2D eigenvalue weighted by Crippen LogP contribution is 2.25. The van der Waals surface area contributed by atoms with Gasteiger partial charge in [0.25, 0.3) is 0 Å². The van der Waals surface area contributed by atoms with Crippen LogP contribution in [0.25, 0.3) is 0 Å². The molecule has 7 nitrogen and oxygen atoms in total. The lowest BCUT2D eigenvalue weighted by atomic mass is 10.1. The van der Waals surface area contributed by atoms with E-state index in [1.165, 1.54) is 11.8 Å². The summed E-state index contributed by atoms with van der Waals surface area (Å²) in [6, 6.07) is 7.65. The number of hydrogen-bond donors (Lipinski definition) is 2. The molecule has 2 aromatic rings. The third-order valence-electron chi connectivity index (χ3n) is 4.26. The fourth-order valence-corrected chi connectivity index (χ4v) is 3.84. The number of thioether (sulfide) groups is 1. The molecule has 0 unspecified atom stereocenters. The number of para-hydroxylation sites is 1. The summed E-state index contributed by atoms with van der Waals surface area (Å²) >= 11 is 1.39. The molecule has 0 aliphatic heterocycles. The summed E-state index contributed by atoms with van der Waals surface area (Å²) < 4.78 is 1.90. The highest BCUT2D eigenvalue weighted by Gasteiger charge is 2.25. The highest BCUT2D eigenvalue weighted by molar-refractivity contribution is 8.00. The minimum absolute atomic E-state index is 0.0190. The van der Waals surface area contributed by atoms with Gasteiger partial charge in [-0.1, -0.05) is 36.9 Å². The van der Waals surface area contributed by atoms with Gasteiger partial charge in [0.2, 0.25) is 11.8 Å². The highest BCUT2D eigenvalue weighted by atomic mass is 32.2. The number of benzene rings is 1. The minimum atomic E-state index is -0.289. The second-order valence-electron chi connectivity index (χ2n) is 7.94. The number of nitrogens with one attached hydrogen (secondary N) is 2. The van der Waals surface area contributed by atoms with E-state index in [4.69, 9.17) is 0 Å². The van der Waals surface area contributed by atoms with Crippen molar-refractivity contribution in [3.05, 3.63) is 35.7 Å². The molecule has 2 amide bonds. The Morgan fingerprint density at radius 2 is 1.86 bits per heavy atom. The fraction of sp³-hybridized carbons (Fsp3) is 0.524. The molecule has 2 N–H and O–H groups in total. The van der Waals surface area contributed by atoms with Crippen LogP contribution >= 0.6 is 11.8 Å². The van der Waals surface area contributed by atoms with Gasteiger partial charge >= 0.3 is 0 Å². The maximum Gasteiger partial charge on any atom is 0.233 e. The molecule has 1 aromatic heterocycles. The zero-order valence-electron chi connectivity index (χ0n) is 18.1. The lowest BCUT2D eigenvalue weighted by Gasteiger charge is -2.24. The molecular weight excluding hydrogens is 386 g/mol. The molecule has 158 valence electrons. The van der Waals surface area contributed by atoms with E-state index in [0.717, 1.165) is 11.3 Å². The first-order valence-corrected chi connectivity index (χ1v) is 10.8. The molecule has 0 bridgehead atoms. The predicted octanol–water partition coefficient (Wildman–Crippen LogP) is 3.57. The van der Waals surface area contributed by atoms with Gasteiger partial charge in [-0.25, -0.2) is 0 Å². The van der Waals surface area contributed by atoms with Crippen LogP contribution < -0.4 is 10.6 Å². The average Bonchev–Trinajstić information content (AvgIpc) is 3.01. The Bertz CT molecular complexity index is 857. The summed E-state index contributed by atoms with van der Waals surface area (Å²) in [4.78, 5) is 25.1. The summed E-state index contributed by atoms with van der Waals surface area (Å²) in [6.45, 7) is 12.4. The molecule has 0 aliphatic carbocycles. The SMILES string of the molecule is CC[C@@H](Sc1nnc(CC(=O)Nc2ccccc2C)n1CC)C(=O)NC(C)(C)C. The number of hydrogen-bond acceptors (Lipinski definition) is 5. The molecule has 0 saturated heterocycles. The molecule has 29 heavy (non-hydrogen) atoms. The first-order valence-electron chi connectivity index (χ1n) is 9.90. The van der Waals surface area contributed by atoms with Gasteiger partial charge < -0.3 is 15.2 Å².